The van der Waals surface area contributed by atoms with E-state index in [0.717, 1.165) is 16.1 Å². The van der Waals surface area contributed by atoms with Crippen LogP contribution in [0.3, 0.4) is 0 Å². The maximum atomic E-state index is 12.6. The van der Waals surface area contributed by atoms with Crippen molar-refractivity contribution in [3.63, 3.8) is 0 Å². The van der Waals surface area contributed by atoms with E-state index in [9.17, 15) is 4.79 Å². The van der Waals surface area contributed by atoms with Crippen molar-refractivity contribution in [2.24, 2.45) is 0 Å². The molecule has 0 spiro atoms. The predicted molar refractivity (Wildman–Crippen MR) is 119 cm³/mol. The van der Waals surface area contributed by atoms with Crippen LogP contribution in [0.5, 0.6) is 0 Å². The zero-order valence-corrected chi connectivity index (χ0v) is 17.3. The van der Waals surface area contributed by atoms with E-state index in [2.05, 4.69) is 48.1 Å². The highest BCUT2D eigenvalue weighted by Crippen LogP contribution is 2.36. The molecule has 0 unspecified atom stereocenters. The number of amides is 1. The van der Waals surface area contributed by atoms with Crippen LogP contribution >= 0.6 is 11.3 Å². The van der Waals surface area contributed by atoms with E-state index in [1.807, 2.05) is 24.3 Å². The van der Waals surface area contributed by atoms with Gasteiger partial charge in [-0.2, -0.15) is 5.21 Å². The van der Waals surface area contributed by atoms with Gasteiger partial charge in [0, 0.05) is 33.7 Å². The first-order valence-electron chi connectivity index (χ1n) is 9.97. The first-order valence-corrected chi connectivity index (χ1v) is 10.9. The van der Waals surface area contributed by atoms with E-state index < -0.39 is 0 Å². The number of thiazole rings is 1. The highest BCUT2D eigenvalue weighted by atomic mass is 32.1. The van der Waals surface area contributed by atoms with Crippen LogP contribution in [0.2, 0.25) is 0 Å². The number of nitrogens with one attached hydrogen (secondary N) is 2. The van der Waals surface area contributed by atoms with E-state index in [1.54, 1.807) is 35.6 Å². The fourth-order valence-electron chi connectivity index (χ4n) is 3.29. The Labute approximate surface area is 182 Å². The summed E-state index contributed by atoms with van der Waals surface area (Å²) in [5, 5.41) is 19.7. The number of H-pyrrole nitrogens is 1. The van der Waals surface area contributed by atoms with E-state index in [0.29, 0.717) is 23.0 Å². The summed E-state index contributed by atoms with van der Waals surface area (Å²) < 4.78 is 0. The number of hydrogen-bond donors (Lipinski definition) is 2. The molecule has 8 heteroatoms. The van der Waals surface area contributed by atoms with Gasteiger partial charge in [0.05, 0.1) is 5.69 Å². The third-order valence-corrected chi connectivity index (χ3v) is 6.01. The van der Waals surface area contributed by atoms with Crippen LogP contribution in [0, 0.1) is 11.8 Å². The number of aromatic nitrogens is 5. The largest absolute Gasteiger partial charge is 0.322 e. The number of carbonyl (C=O) groups is 1. The van der Waals surface area contributed by atoms with Crippen molar-refractivity contribution in [2.45, 2.75) is 25.2 Å². The quantitative estimate of drug-likeness (QED) is 0.476. The fourth-order valence-corrected chi connectivity index (χ4v) is 4.04. The van der Waals surface area contributed by atoms with Crippen molar-refractivity contribution in [2.75, 3.05) is 5.32 Å². The van der Waals surface area contributed by atoms with Gasteiger partial charge in [0.15, 0.2) is 5.01 Å². The molecule has 2 N–H and O–H groups in total. The molecule has 1 aliphatic rings. The molecule has 2 aromatic carbocycles. The number of nitrogens with zero attached hydrogens (tertiary/aromatic N) is 4. The van der Waals surface area contributed by atoms with Gasteiger partial charge in [0.2, 0.25) is 5.82 Å². The average Bonchev–Trinajstić information content (AvgIpc) is 3.44. The molecule has 2 aromatic heterocycles. The minimum absolute atomic E-state index is 0.199. The fraction of sp³-hybridized carbons (Fsp3) is 0.174. The van der Waals surface area contributed by atoms with Crippen molar-refractivity contribution in [1.29, 1.82) is 0 Å². The molecule has 0 bridgehead atoms. The highest BCUT2D eigenvalue weighted by molar-refractivity contribution is 7.10. The molecule has 152 valence electrons. The Kier molecular flexibility index (Phi) is 5.25. The third-order valence-electron chi connectivity index (χ3n) is 5.23. The standard InChI is InChI=1S/C23H18N6OS/c30-23(18-10-8-17(9-11-18)22-26-28-29-27-22)24-19-6-1-3-15(13-19)7-12-21-25-20(14-31-21)16-4-2-5-16/h1,3,6,8-11,13-14,16H,2,4-5H2,(H,24,30)(H,26,27,28,29). The van der Waals surface area contributed by atoms with Gasteiger partial charge in [0.1, 0.15) is 0 Å². The lowest BCUT2D eigenvalue weighted by molar-refractivity contribution is 0.102. The number of benzene rings is 2. The Morgan fingerprint density at radius 1 is 1.13 bits per heavy atom. The number of rotatable bonds is 4. The Balaban J connectivity index is 1.26. The van der Waals surface area contributed by atoms with Gasteiger partial charge in [-0.3, -0.25) is 4.79 Å². The molecule has 7 nitrogen and oxygen atoms in total. The zero-order chi connectivity index (χ0) is 21.0. The van der Waals surface area contributed by atoms with Crippen LogP contribution in [0.1, 0.15) is 51.8 Å². The molecule has 0 saturated heterocycles. The van der Waals surface area contributed by atoms with Crippen LogP contribution in [0.25, 0.3) is 11.4 Å². The lowest BCUT2D eigenvalue weighted by Gasteiger charge is -2.22. The van der Waals surface area contributed by atoms with E-state index in [-0.39, 0.29) is 5.91 Å². The van der Waals surface area contributed by atoms with E-state index in [1.165, 1.54) is 25.0 Å². The monoisotopic (exact) mass is 426 g/mol. The maximum Gasteiger partial charge on any atom is 0.255 e. The highest BCUT2D eigenvalue weighted by Gasteiger charge is 2.21. The molecule has 1 aliphatic carbocycles. The molecule has 1 saturated carbocycles. The Morgan fingerprint density at radius 2 is 2.00 bits per heavy atom. The molecule has 5 rings (SSSR count). The summed E-state index contributed by atoms with van der Waals surface area (Å²) in [6, 6.07) is 14.5. The van der Waals surface area contributed by atoms with Crippen LogP contribution in [-0.4, -0.2) is 31.5 Å². The molecule has 31 heavy (non-hydrogen) atoms. The Bertz CT molecular complexity index is 1260. The second-order valence-electron chi connectivity index (χ2n) is 7.30. The van der Waals surface area contributed by atoms with Crippen LogP contribution < -0.4 is 5.32 Å². The first-order chi connectivity index (χ1) is 15.2. The van der Waals surface area contributed by atoms with Crippen molar-refractivity contribution in [3.05, 3.63) is 75.7 Å². The molecule has 4 aromatic rings. The van der Waals surface area contributed by atoms with Crippen LogP contribution in [0.15, 0.2) is 53.9 Å². The maximum absolute atomic E-state index is 12.6. The van der Waals surface area contributed by atoms with Gasteiger partial charge in [-0.05, 0) is 54.3 Å². The van der Waals surface area contributed by atoms with E-state index >= 15 is 0 Å². The summed E-state index contributed by atoms with van der Waals surface area (Å²) in [6.07, 6.45) is 3.76. The number of carbonyl (C=O) groups excluding carboxylic acids is 1. The summed E-state index contributed by atoms with van der Waals surface area (Å²) in [6.45, 7) is 0. The number of tetrazole rings is 1. The van der Waals surface area contributed by atoms with Gasteiger partial charge < -0.3 is 5.32 Å². The van der Waals surface area contributed by atoms with Gasteiger partial charge in [0.25, 0.3) is 5.91 Å². The minimum atomic E-state index is -0.199. The molecule has 0 atom stereocenters. The van der Waals surface area contributed by atoms with Gasteiger partial charge >= 0.3 is 0 Å². The number of anilines is 1. The lowest BCUT2D eigenvalue weighted by Crippen LogP contribution is -2.11. The van der Waals surface area contributed by atoms with Crippen LogP contribution in [0.4, 0.5) is 5.69 Å². The van der Waals surface area contributed by atoms with Crippen molar-refractivity contribution >= 4 is 22.9 Å². The molecule has 1 fully saturated rings. The van der Waals surface area contributed by atoms with Gasteiger partial charge in [-0.25, -0.2) is 4.98 Å². The SMILES string of the molecule is O=C(Nc1cccc(C#Cc2nc(C3CCC3)cs2)c1)c1ccc(-c2nn[nH]n2)cc1. The third kappa shape index (κ3) is 4.37. The molecule has 2 heterocycles. The molecule has 0 radical (unpaired) electrons. The average molecular weight is 427 g/mol. The summed E-state index contributed by atoms with van der Waals surface area (Å²) in [5.74, 6) is 7.19. The topological polar surface area (TPSA) is 96.5 Å². The Morgan fingerprint density at radius 3 is 2.74 bits per heavy atom. The first kappa shape index (κ1) is 19.2. The van der Waals surface area contributed by atoms with Crippen molar-refractivity contribution in [3.8, 4) is 23.2 Å². The summed E-state index contributed by atoms with van der Waals surface area (Å²) >= 11 is 1.59. The van der Waals surface area contributed by atoms with Crippen molar-refractivity contribution < 1.29 is 4.79 Å². The smallest absolute Gasteiger partial charge is 0.255 e. The van der Waals surface area contributed by atoms with Gasteiger partial charge in [-0.1, -0.05) is 30.5 Å². The second-order valence-corrected chi connectivity index (χ2v) is 8.16. The summed E-state index contributed by atoms with van der Waals surface area (Å²) in [4.78, 5) is 17.2. The van der Waals surface area contributed by atoms with E-state index in [4.69, 9.17) is 0 Å². The van der Waals surface area contributed by atoms with Crippen molar-refractivity contribution in [1.82, 2.24) is 25.6 Å². The molecule has 1 amide bonds. The van der Waals surface area contributed by atoms with Crippen LogP contribution in [-0.2, 0) is 0 Å². The normalized spacial score (nSPS) is 13.2. The van der Waals surface area contributed by atoms with Gasteiger partial charge in [-0.15, -0.1) is 21.5 Å². The second kappa shape index (κ2) is 8.50. The summed E-state index contributed by atoms with van der Waals surface area (Å²) in [7, 11) is 0. The summed E-state index contributed by atoms with van der Waals surface area (Å²) in [5.41, 5.74) is 4.01. The zero-order valence-electron chi connectivity index (χ0n) is 16.5. The number of aromatic amines is 1. The molecule has 0 aliphatic heterocycles. The molecular weight excluding hydrogens is 408 g/mol. The molecular formula is C23H18N6OS. The predicted octanol–water partition coefficient (Wildman–Crippen LogP) is 4.24. The lowest BCUT2D eigenvalue weighted by atomic mass is 9.83. The Hall–Kier alpha value is -3.83. The minimum Gasteiger partial charge on any atom is -0.322 e. The number of hydrogen-bond acceptors (Lipinski definition) is 6.